The highest BCUT2D eigenvalue weighted by Gasteiger charge is 2.25. The van der Waals surface area contributed by atoms with Gasteiger partial charge in [0.15, 0.2) is 0 Å². The van der Waals surface area contributed by atoms with Gasteiger partial charge in [-0.3, -0.25) is 0 Å². The van der Waals surface area contributed by atoms with E-state index in [1.807, 2.05) is 0 Å². The first kappa shape index (κ1) is 15.2. The summed E-state index contributed by atoms with van der Waals surface area (Å²) in [5, 5.41) is 0. The van der Waals surface area contributed by atoms with E-state index in [1.54, 1.807) is 0 Å². The molecule has 1 nitrogen and oxygen atoms in total. The van der Waals surface area contributed by atoms with E-state index < -0.39 is 0 Å². The molecule has 1 aromatic carbocycles. The number of allylic oxidation sites excluding steroid dienone is 1. The molecule has 0 aromatic heterocycles. The molecule has 110 valence electrons. The average molecular weight is 272 g/mol. The molecule has 20 heavy (non-hydrogen) atoms. The van der Waals surface area contributed by atoms with Crippen LogP contribution in [0.15, 0.2) is 42.2 Å². The lowest BCUT2D eigenvalue weighted by Gasteiger charge is -2.31. The molecule has 0 aliphatic heterocycles. The Labute approximate surface area is 124 Å². The van der Waals surface area contributed by atoms with E-state index in [4.69, 9.17) is 4.74 Å². The van der Waals surface area contributed by atoms with Crippen LogP contribution < -0.4 is 0 Å². The normalized spacial score (nSPS) is 25.1. The van der Waals surface area contributed by atoms with Gasteiger partial charge in [0.25, 0.3) is 0 Å². The topological polar surface area (TPSA) is 9.23 Å². The van der Waals surface area contributed by atoms with Crippen molar-refractivity contribution in [2.24, 2.45) is 17.8 Å². The van der Waals surface area contributed by atoms with Crippen LogP contribution in [0.3, 0.4) is 0 Å². The second-order valence-electron chi connectivity index (χ2n) is 6.54. The highest BCUT2D eigenvalue weighted by Crippen LogP contribution is 2.37. The van der Waals surface area contributed by atoms with E-state index in [2.05, 4.69) is 57.4 Å². The Morgan fingerprint density at radius 2 is 1.95 bits per heavy atom. The van der Waals surface area contributed by atoms with Gasteiger partial charge in [0.05, 0.1) is 12.9 Å². The maximum atomic E-state index is 5.84. The summed E-state index contributed by atoms with van der Waals surface area (Å²) < 4.78 is 5.84. The van der Waals surface area contributed by atoms with Gasteiger partial charge in [-0.1, -0.05) is 51.1 Å². The minimum absolute atomic E-state index is 0.725. The second kappa shape index (κ2) is 7.52. The van der Waals surface area contributed by atoms with Crippen LogP contribution in [0.4, 0.5) is 0 Å². The highest BCUT2D eigenvalue weighted by molar-refractivity contribution is 5.14. The van der Waals surface area contributed by atoms with Crippen LogP contribution in [0.2, 0.25) is 0 Å². The van der Waals surface area contributed by atoms with Crippen LogP contribution in [0.1, 0.15) is 45.6 Å². The highest BCUT2D eigenvalue weighted by atomic mass is 16.5. The van der Waals surface area contributed by atoms with Gasteiger partial charge in [0.1, 0.15) is 0 Å². The lowest BCUT2D eigenvalue weighted by Crippen LogP contribution is -2.20. The van der Waals surface area contributed by atoms with Crippen LogP contribution in [0.5, 0.6) is 0 Å². The molecule has 2 rings (SSSR count). The summed E-state index contributed by atoms with van der Waals surface area (Å²) in [6, 6.07) is 10.6. The third-order valence-corrected chi connectivity index (χ3v) is 4.42. The molecular formula is C19H28O. The molecule has 1 saturated carbocycles. The summed E-state index contributed by atoms with van der Waals surface area (Å²) in [6.45, 7) is 7.80. The van der Waals surface area contributed by atoms with Gasteiger partial charge in [0.2, 0.25) is 0 Å². The maximum absolute atomic E-state index is 5.84. The standard InChI is InChI=1S/C19H28O/c1-15(2)19-10-9-16(3)13-18(19)14-20-12-11-17-7-5-4-6-8-17/h4-8,14-16,19H,9-13H2,1-3H3/b18-14+. The zero-order valence-corrected chi connectivity index (χ0v) is 13.1. The van der Waals surface area contributed by atoms with E-state index >= 15 is 0 Å². The van der Waals surface area contributed by atoms with E-state index in [9.17, 15) is 0 Å². The Kier molecular flexibility index (Phi) is 5.70. The summed E-state index contributed by atoms with van der Waals surface area (Å²) in [5.41, 5.74) is 2.88. The van der Waals surface area contributed by atoms with Crippen LogP contribution in [-0.4, -0.2) is 6.61 Å². The lowest BCUT2D eigenvalue weighted by molar-refractivity contribution is 0.229. The molecule has 0 amide bonds. The molecule has 1 aliphatic rings. The quantitative estimate of drug-likeness (QED) is 0.527. The predicted molar refractivity (Wildman–Crippen MR) is 85.5 cm³/mol. The summed E-state index contributed by atoms with van der Waals surface area (Å²) in [5.74, 6) is 2.27. The molecule has 1 heteroatoms. The van der Waals surface area contributed by atoms with Crippen molar-refractivity contribution in [3.05, 3.63) is 47.7 Å². The number of rotatable bonds is 5. The monoisotopic (exact) mass is 272 g/mol. The van der Waals surface area contributed by atoms with Gasteiger partial charge < -0.3 is 4.74 Å². The van der Waals surface area contributed by atoms with Gasteiger partial charge in [-0.15, -0.1) is 0 Å². The Hall–Kier alpha value is -1.24. The zero-order valence-electron chi connectivity index (χ0n) is 13.1. The van der Waals surface area contributed by atoms with E-state index in [1.165, 1.54) is 30.4 Å². The first-order valence-corrected chi connectivity index (χ1v) is 8.01. The molecule has 1 aliphatic carbocycles. The predicted octanol–water partition coefficient (Wildman–Crippen LogP) is 5.22. The number of ether oxygens (including phenoxy) is 1. The summed E-state index contributed by atoms with van der Waals surface area (Å²) in [7, 11) is 0. The first-order valence-electron chi connectivity index (χ1n) is 8.01. The van der Waals surface area contributed by atoms with Crippen LogP contribution >= 0.6 is 0 Å². The molecule has 2 unspecified atom stereocenters. The van der Waals surface area contributed by atoms with Crippen LogP contribution in [0.25, 0.3) is 0 Å². The maximum Gasteiger partial charge on any atom is 0.0913 e. The molecule has 2 atom stereocenters. The summed E-state index contributed by atoms with van der Waals surface area (Å²) in [4.78, 5) is 0. The van der Waals surface area contributed by atoms with Crippen molar-refractivity contribution in [2.75, 3.05) is 6.61 Å². The van der Waals surface area contributed by atoms with E-state index in [0.29, 0.717) is 0 Å². The van der Waals surface area contributed by atoms with Crippen molar-refractivity contribution < 1.29 is 4.74 Å². The van der Waals surface area contributed by atoms with Crippen molar-refractivity contribution in [3.8, 4) is 0 Å². The van der Waals surface area contributed by atoms with Crippen molar-refractivity contribution in [1.29, 1.82) is 0 Å². The van der Waals surface area contributed by atoms with Gasteiger partial charge in [-0.2, -0.15) is 0 Å². The number of benzene rings is 1. The van der Waals surface area contributed by atoms with Gasteiger partial charge in [0, 0.05) is 6.42 Å². The second-order valence-corrected chi connectivity index (χ2v) is 6.54. The fraction of sp³-hybridized carbons (Fsp3) is 0.579. The van der Waals surface area contributed by atoms with E-state index in [-0.39, 0.29) is 0 Å². The summed E-state index contributed by atoms with van der Waals surface area (Å²) in [6.07, 6.45) is 6.97. The number of hydrogen-bond acceptors (Lipinski definition) is 1. The fourth-order valence-corrected chi connectivity index (χ4v) is 3.19. The Morgan fingerprint density at radius 1 is 1.20 bits per heavy atom. The molecule has 0 saturated heterocycles. The molecule has 0 N–H and O–H groups in total. The Morgan fingerprint density at radius 3 is 2.65 bits per heavy atom. The van der Waals surface area contributed by atoms with Crippen molar-refractivity contribution in [1.82, 2.24) is 0 Å². The van der Waals surface area contributed by atoms with Gasteiger partial charge in [-0.05, 0) is 48.2 Å². The molecule has 1 aromatic rings. The van der Waals surface area contributed by atoms with Gasteiger partial charge in [-0.25, -0.2) is 0 Å². The molecule has 0 radical (unpaired) electrons. The van der Waals surface area contributed by atoms with Crippen molar-refractivity contribution in [2.45, 2.75) is 46.5 Å². The molecule has 1 fully saturated rings. The minimum Gasteiger partial charge on any atom is -0.501 e. The third kappa shape index (κ3) is 4.40. The third-order valence-electron chi connectivity index (χ3n) is 4.42. The van der Waals surface area contributed by atoms with Crippen LogP contribution in [-0.2, 0) is 11.2 Å². The van der Waals surface area contributed by atoms with Crippen molar-refractivity contribution in [3.63, 3.8) is 0 Å². The SMILES string of the molecule is CC1CCC(C(C)C)/C(=C/OCCc2ccccc2)C1. The molecule has 0 spiro atoms. The Balaban J connectivity index is 1.85. The lowest BCUT2D eigenvalue weighted by atomic mass is 9.74. The number of hydrogen-bond donors (Lipinski definition) is 0. The van der Waals surface area contributed by atoms with Crippen molar-refractivity contribution >= 4 is 0 Å². The molecule has 0 bridgehead atoms. The largest absolute Gasteiger partial charge is 0.501 e. The molecular weight excluding hydrogens is 244 g/mol. The van der Waals surface area contributed by atoms with Gasteiger partial charge >= 0.3 is 0 Å². The minimum atomic E-state index is 0.725. The van der Waals surface area contributed by atoms with Crippen LogP contribution in [0, 0.1) is 17.8 Å². The van der Waals surface area contributed by atoms with E-state index in [0.717, 1.165) is 30.8 Å². The zero-order chi connectivity index (χ0) is 14.4. The molecule has 0 heterocycles. The summed E-state index contributed by atoms with van der Waals surface area (Å²) >= 11 is 0. The average Bonchev–Trinajstić information content (AvgIpc) is 2.44. The fourth-order valence-electron chi connectivity index (χ4n) is 3.19. The first-order chi connectivity index (χ1) is 9.66. The Bertz CT molecular complexity index is 419. The smallest absolute Gasteiger partial charge is 0.0913 e.